The summed E-state index contributed by atoms with van der Waals surface area (Å²) in [7, 11) is 0. The Kier molecular flexibility index (Phi) is 4.68. The molecule has 0 aliphatic carbocycles. The van der Waals surface area contributed by atoms with Crippen LogP contribution < -0.4 is 15.4 Å². The Bertz CT molecular complexity index is 1040. The molecule has 2 N–H and O–H groups in total. The van der Waals surface area contributed by atoms with Crippen molar-refractivity contribution in [2.75, 3.05) is 18.4 Å². The largest absolute Gasteiger partial charge is 0.487 e. The number of benzene rings is 2. The third kappa shape index (κ3) is 3.58. The predicted molar refractivity (Wildman–Crippen MR) is 114 cm³/mol. The number of aromatic nitrogens is 1. The van der Waals surface area contributed by atoms with Gasteiger partial charge >= 0.3 is 0 Å². The second-order valence-corrected chi connectivity index (χ2v) is 8.13. The van der Waals surface area contributed by atoms with Gasteiger partial charge in [-0.1, -0.05) is 30.3 Å². The Morgan fingerprint density at radius 1 is 1.14 bits per heavy atom. The van der Waals surface area contributed by atoms with E-state index in [1.54, 1.807) is 6.20 Å². The van der Waals surface area contributed by atoms with Gasteiger partial charge in [0, 0.05) is 41.2 Å². The van der Waals surface area contributed by atoms with Gasteiger partial charge in [0.15, 0.2) is 0 Å². The number of para-hydroxylation sites is 1. The molecule has 0 bridgehead atoms. The number of carbonyl (C=O) groups is 1. The van der Waals surface area contributed by atoms with Gasteiger partial charge in [0.1, 0.15) is 11.4 Å². The summed E-state index contributed by atoms with van der Waals surface area (Å²) in [4.78, 5) is 17.2. The third-order valence-electron chi connectivity index (χ3n) is 6.21. The minimum atomic E-state index is -0.157. The van der Waals surface area contributed by atoms with Gasteiger partial charge in [-0.3, -0.25) is 9.78 Å². The maximum absolute atomic E-state index is 13.0. The molecular weight excluding hydrogens is 362 g/mol. The summed E-state index contributed by atoms with van der Waals surface area (Å²) in [5, 5.41) is 8.59. The first-order chi connectivity index (χ1) is 14.2. The number of amides is 1. The van der Waals surface area contributed by atoms with Crippen LogP contribution in [0.4, 0.5) is 5.69 Å². The van der Waals surface area contributed by atoms with E-state index in [2.05, 4.69) is 21.7 Å². The van der Waals surface area contributed by atoms with Crippen LogP contribution in [-0.4, -0.2) is 29.6 Å². The third-order valence-corrected chi connectivity index (χ3v) is 6.21. The van der Waals surface area contributed by atoms with Crippen molar-refractivity contribution in [1.29, 1.82) is 0 Å². The fraction of sp³-hybridized carbons (Fsp3) is 0.333. The maximum atomic E-state index is 13.0. The lowest BCUT2D eigenvalue weighted by Crippen LogP contribution is -2.49. The number of nitrogens with zero attached hydrogens (tertiary/aromatic N) is 1. The van der Waals surface area contributed by atoms with Crippen LogP contribution >= 0.6 is 0 Å². The van der Waals surface area contributed by atoms with Crippen molar-refractivity contribution < 1.29 is 9.53 Å². The highest BCUT2D eigenvalue weighted by Gasteiger charge is 2.42. The van der Waals surface area contributed by atoms with E-state index in [9.17, 15) is 4.79 Å². The van der Waals surface area contributed by atoms with Gasteiger partial charge in [-0.25, -0.2) is 0 Å². The van der Waals surface area contributed by atoms with Crippen LogP contribution in [0.25, 0.3) is 10.8 Å². The first kappa shape index (κ1) is 18.1. The van der Waals surface area contributed by atoms with Crippen molar-refractivity contribution in [2.45, 2.75) is 37.2 Å². The Balaban J connectivity index is 1.39. The highest BCUT2D eigenvalue weighted by Crippen LogP contribution is 2.45. The number of pyridine rings is 1. The van der Waals surface area contributed by atoms with Gasteiger partial charge in [0.05, 0.1) is 0 Å². The number of carbonyl (C=O) groups excluding carboxylic acids is 1. The molecule has 29 heavy (non-hydrogen) atoms. The lowest BCUT2D eigenvalue weighted by Gasteiger charge is -2.44. The van der Waals surface area contributed by atoms with Crippen molar-refractivity contribution in [3.63, 3.8) is 0 Å². The fourth-order valence-electron chi connectivity index (χ4n) is 4.77. The molecule has 1 fully saturated rings. The molecule has 1 spiro atoms. The Labute approximate surface area is 170 Å². The first-order valence-corrected chi connectivity index (χ1v) is 10.3. The first-order valence-electron chi connectivity index (χ1n) is 10.3. The second-order valence-electron chi connectivity index (χ2n) is 8.13. The Morgan fingerprint density at radius 2 is 2.00 bits per heavy atom. The zero-order valence-corrected chi connectivity index (χ0v) is 16.4. The molecular formula is C24H25N3O2. The Hall–Kier alpha value is -2.92. The molecule has 5 nitrogen and oxygen atoms in total. The van der Waals surface area contributed by atoms with E-state index in [0.29, 0.717) is 6.42 Å². The van der Waals surface area contributed by atoms with Crippen LogP contribution in [0.2, 0.25) is 0 Å². The van der Waals surface area contributed by atoms with Crippen molar-refractivity contribution in [1.82, 2.24) is 10.3 Å². The minimum Gasteiger partial charge on any atom is -0.487 e. The number of hydrogen-bond acceptors (Lipinski definition) is 4. The van der Waals surface area contributed by atoms with E-state index < -0.39 is 0 Å². The number of anilines is 1. The van der Waals surface area contributed by atoms with Crippen molar-refractivity contribution >= 4 is 22.4 Å². The normalized spacial score (nSPS) is 20.1. The summed E-state index contributed by atoms with van der Waals surface area (Å²) in [6, 6.07) is 16.0. The topological polar surface area (TPSA) is 63.2 Å². The van der Waals surface area contributed by atoms with Gasteiger partial charge in [0.25, 0.3) is 0 Å². The van der Waals surface area contributed by atoms with Gasteiger partial charge in [-0.2, -0.15) is 0 Å². The highest BCUT2D eigenvalue weighted by atomic mass is 16.5. The van der Waals surface area contributed by atoms with E-state index in [-0.39, 0.29) is 17.4 Å². The number of fused-ring (bicyclic) bond motifs is 2. The molecule has 3 aromatic rings. The number of rotatable bonds is 3. The van der Waals surface area contributed by atoms with E-state index in [1.165, 1.54) is 0 Å². The van der Waals surface area contributed by atoms with Gasteiger partial charge in [-0.05, 0) is 56.1 Å². The molecule has 5 rings (SSSR count). The lowest BCUT2D eigenvalue weighted by molar-refractivity contribution is -0.117. The van der Waals surface area contributed by atoms with Gasteiger partial charge < -0.3 is 15.4 Å². The quantitative estimate of drug-likeness (QED) is 0.705. The van der Waals surface area contributed by atoms with Crippen molar-refractivity contribution in [3.05, 3.63) is 66.5 Å². The van der Waals surface area contributed by atoms with E-state index >= 15 is 0 Å². The van der Waals surface area contributed by atoms with Crippen LogP contribution in [0.3, 0.4) is 0 Å². The summed E-state index contributed by atoms with van der Waals surface area (Å²) in [5.74, 6) is 1.14. The highest BCUT2D eigenvalue weighted by molar-refractivity contribution is 6.02. The van der Waals surface area contributed by atoms with E-state index in [1.807, 2.05) is 48.7 Å². The smallest absolute Gasteiger partial charge is 0.225 e. The molecule has 1 aromatic heterocycles. The molecule has 1 atom stereocenters. The minimum absolute atomic E-state index is 0.0418. The molecule has 0 saturated carbocycles. The molecule has 2 aliphatic rings. The van der Waals surface area contributed by atoms with Crippen molar-refractivity contribution in [3.8, 4) is 5.75 Å². The molecule has 5 heteroatoms. The predicted octanol–water partition coefficient (Wildman–Crippen LogP) is 4.25. The summed E-state index contributed by atoms with van der Waals surface area (Å²) in [6.45, 7) is 1.93. The standard InChI is InChI=1S/C24H25N3O2/c28-23(27-21-6-3-4-17-16-26-11-8-19(17)21)14-18-15-24(9-12-25-13-10-24)29-22-7-2-1-5-20(18)22/h1-8,11,16,18,25H,9-10,12-15H2,(H,27,28)/t18-/m1/s1. The fourth-order valence-corrected chi connectivity index (χ4v) is 4.77. The summed E-state index contributed by atoms with van der Waals surface area (Å²) in [6.07, 6.45) is 6.88. The summed E-state index contributed by atoms with van der Waals surface area (Å²) < 4.78 is 6.47. The number of hydrogen-bond donors (Lipinski definition) is 2. The molecule has 148 valence electrons. The van der Waals surface area contributed by atoms with Crippen LogP contribution in [-0.2, 0) is 4.79 Å². The molecule has 2 aliphatic heterocycles. The second kappa shape index (κ2) is 7.48. The number of nitrogens with one attached hydrogen (secondary N) is 2. The molecule has 1 saturated heterocycles. The van der Waals surface area contributed by atoms with Crippen LogP contribution in [0.5, 0.6) is 5.75 Å². The van der Waals surface area contributed by atoms with E-state index in [4.69, 9.17) is 4.74 Å². The van der Waals surface area contributed by atoms with Crippen LogP contribution in [0, 0.1) is 0 Å². The van der Waals surface area contributed by atoms with Crippen LogP contribution in [0.1, 0.15) is 37.2 Å². The molecule has 0 unspecified atom stereocenters. The molecule has 3 heterocycles. The lowest BCUT2D eigenvalue weighted by atomic mass is 9.76. The summed E-state index contributed by atoms with van der Waals surface area (Å²) in [5.41, 5.74) is 1.83. The molecule has 2 aromatic carbocycles. The van der Waals surface area contributed by atoms with Crippen molar-refractivity contribution in [2.24, 2.45) is 0 Å². The summed E-state index contributed by atoms with van der Waals surface area (Å²) >= 11 is 0. The SMILES string of the molecule is O=C(C[C@@H]1CC2(CCNCC2)Oc2ccccc21)Nc1cccc2cnccc12. The van der Waals surface area contributed by atoms with Gasteiger partial charge in [-0.15, -0.1) is 0 Å². The average molecular weight is 387 g/mol. The van der Waals surface area contributed by atoms with Crippen LogP contribution in [0.15, 0.2) is 60.9 Å². The zero-order chi connectivity index (χ0) is 19.7. The van der Waals surface area contributed by atoms with E-state index in [0.717, 1.165) is 60.1 Å². The molecule has 1 amide bonds. The average Bonchev–Trinajstić information content (AvgIpc) is 2.74. The zero-order valence-electron chi connectivity index (χ0n) is 16.4. The Morgan fingerprint density at radius 3 is 2.90 bits per heavy atom. The monoisotopic (exact) mass is 387 g/mol. The number of ether oxygens (including phenoxy) is 1. The number of piperidine rings is 1. The van der Waals surface area contributed by atoms with Gasteiger partial charge in [0.2, 0.25) is 5.91 Å². The maximum Gasteiger partial charge on any atom is 0.225 e. The molecule has 0 radical (unpaired) electrons.